The fraction of sp³-hybridized carbons (Fsp3) is 0.278. The van der Waals surface area contributed by atoms with Crippen molar-refractivity contribution in [1.82, 2.24) is 0 Å². The number of fused-ring (bicyclic) bond motifs is 1. The number of hydrogen-bond donors (Lipinski definition) is 1. The quantitative estimate of drug-likeness (QED) is 0.934. The highest BCUT2D eigenvalue weighted by atomic mass is 16.6. The summed E-state index contributed by atoms with van der Waals surface area (Å²) >= 11 is 0. The van der Waals surface area contributed by atoms with Gasteiger partial charge < -0.3 is 24.3 Å². The van der Waals surface area contributed by atoms with Gasteiger partial charge in [0.25, 0.3) is 5.91 Å². The second-order valence-corrected chi connectivity index (χ2v) is 5.33. The van der Waals surface area contributed by atoms with E-state index in [-0.39, 0.29) is 5.91 Å². The summed E-state index contributed by atoms with van der Waals surface area (Å²) in [6.07, 6.45) is 0. The number of aryl methyl sites for hydroxylation is 1. The fourth-order valence-corrected chi connectivity index (χ4v) is 2.54. The Balaban J connectivity index is 1.85. The molecule has 6 heteroatoms. The Morgan fingerprint density at radius 3 is 2.38 bits per heavy atom. The van der Waals surface area contributed by atoms with Crippen LogP contribution in [0.5, 0.6) is 23.0 Å². The van der Waals surface area contributed by atoms with Gasteiger partial charge in [0.05, 0.1) is 14.2 Å². The first-order valence-electron chi connectivity index (χ1n) is 7.56. The first-order chi connectivity index (χ1) is 11.6. The van der Waals surface area contributed by atoms with Crippen molar-refractivity contribution < 1.29 is 23.7 Å². The van der Waals surface area contributed by atoms with E-state index in [1.54, 1.807) is 37.4 Å². The highest BCUT2D eigenvalue weighted by Crippen LogP contribution is 2.34. The van der Waals surface area contributed by atoms with E-state index >= 15 is 0 Å². The summed E-state index contributed by atoms with van der Waals surface area (Å²) in [7, 11) is 3.10. The second-order valence-electron chi connectivity index (χ2n) is 5.33. The zero-order valence-corrected chi connectivity index (χ0v) is 13.8. The van der Waals surface area contributed by atoms with Crippen LogP contribution in [0.3, 0.4) is 0 Å². The van der Waals surface area contributed by atoms with E-state index in [9.17, 15) is 4.79 Å². The number of benzene rings is 2. The standard InChI is InChI=1S/C18H19NO5/c1-11-8-15(21-2)16(22-3)10-13(11)18(20)19-12-4-5-14-17(9-12)24-7-6-23-14/h4-5,8-10H,6-7H2,1-3H3,(H,19,20). The molecule has 0 spiro atoms. The van der Waals surface area contributed by atoms with Gasteiger partial charge in [0.15, 0.2) is 23.0 Å². The lowest BCUT2D eigenvalue weighted by atomic mass is 10.1. The molecule has 24 heavy (non-hydrogen) atoms. The molecule has 0 saturated heterocycles. The van der Waals surface area contributed by atoms with Crippen molar-refractivity contribution >= 4 is 11.6 Å². The largest absolute Gasteiger partial charge is 0.493 e. The number of carbonyl (C=O) groups is 1. The van der Waals surface area contributed by atoms with Crippen molar-refractivity contribution in [3.05, 3.63) is 41.5 Å². The molecule has 3 rings (SSSR count). The lowest BCUT2D eigenvalue weighted by Gasteiger charge is -2.19. The highest BCUT2D eigenvalue weighted by Gasteiger charge is 2.17. The molecule has 0 fully saturated rings. The Bertz CT molecular complexity index is 772. The third-order valence-electron chi connectivity index (χ3n) is 3.78. The van der Waals surface area contributed by atoms with Gasteiger partial charge in [0.2, 0.25) is 0 Å². The molecule has 0 aromatic heterocycles. The van der Waals surface area contributed by atoms with Crippen LogP contribution in [0.2, 0.25) is 0 Å². The van der Waals surface area contributed by atoms with Gasteiger partial charge in [0.1, 0.15) is 13.2 Å². The molecule has 0 atom stereocenters. The predicted molar refractivity (Wildman–Crippen MR) is 89.7 cm³/mol. The molecule has 1 aliphatic rings. The predicted octanol–water partition coefficient (Wildman–Crippen LogP) is 3.04. The number of methoxy groups -OCH3 is 2. The average Bonchev–Trinajstić information content (AvgIpc) is 2.61. The van der Waals surface area contributed by atoms with Crippen LogP contribution < -0.4 is 24.3 Å². The molecular formula is C18H19NO5. The molecule has 0 saturated carbocycles. The first-order valence-corrected chi connectivity index (χ1v) is 7.56. The summed E-state index contributed by atoms with van der Waals surface area (Å²) in [4.78, 5) is 12.6. The van der Waals surface area contributed by atoms with Crippen LogP contribution in [0.4, 0.5) is 5.69 Å². The monoisotopic (exact) mass is 329 g/mol. The SMILES string of the molecule is COc1cc(C)c(C(=O)Nc2ccc3c(c2)OCCO3)cc1OC. The number of anilines is 1. The molecule has 1 heterocycles. The van der Waals surface area contributed by atoms with E-state index in [0.29, 0.717) is 47.5 Å². The Hall–Kier alpha value is -2.89. The van der Waals surface area contributed by atoms with Crippen molar-refractivity contribution in [3.8, 4) is 23.0 Å². The summed E-state index contributed by atoms with van der Waals surface area (Å²) in [5.74, 6) is 2.18. The molecule has 2 aromatic rings. The molecule has 0 unspecified atom stereocenters. The van der Waals surface area contributed by atoms with Crippen molar-refractivity contribution in [3.63, 3.8) is 0 Å². The first kappa shape index (κ1) is 16.0. The van der Waals surface area contributed by atoms with E-state index in [0.717, 1.165) is 5.56 Å². The van der Waals surface area contributed by atoms with Crippen molar-refractivity contribution in [1.29, 1.82) is 0 Å². The van der Waals surface area contributed by atoms with Gasteiger partial charge in [0, 0.05) is 17.3 Å². The zero-order chi connectivity index (χ0) is 17.1. The molecule has 1 amide bonds. The lowest BCUT2D eigenvalue weighted by Crippen LogP contribution is -2.17. The Labute approximate surface area is 140 Å². The summed E-state index contributed by atoms with van der Waals surface area (Å²) in [5, 5.41) is 2.87. The number of hydrogen-bond acceptors (Lipinski definition) is 5. The summed E-state index contributed by atoms with van der Waals surface area (Å²) in [6.45, 7) is 2.88. The smallest absolute Gasteiger partial charge is 0.256 e. The maximum absolute atomic E-state index is 12.6. The van der Waals surface area contributed by atoms with E-state index < -0.39 is 0 Å². The van der Waals surface area contributed by atoms with Crippen LogP contribution in [0, 0.1) is 6.92 Å². The van der Waals surface area contributed by atoms with Crippen molar-refractivity contribution in [2.24, 2.45) is 0 Å². The van der Waals surface area contributed by atoms with Crippen LogP contribution in [0.15, 0.2) is 30.3 Å². The maximum atomic E-state index is 12.6. The number of rotatable bonds is 4. The zero-order valence-electron chi connectivity index (χ0n) is 13.8. The number of carbonyl (C=O) groups excluding carboxylic acids is 1. The van der Waals surface area contributed by atoms with E-state index in [4.69, 9.17) is 18.9 Å². The van der Waals surface area contributed by atoms with Crippen LogP contribution in [-0.2, 0) is 0 Å². The average molecular weight is 329 g/mol. The molecule has 0 aliphatic carbocycles. The van der Waals surface area contributed by atoms with E-state index in [1.165, 1.54) is 7.11 Å². The van der Waals surface area contributed by atoms with Crippen molar-refractivity contribution in [2.75, 3.05) is 32.8 Å². The summed E-state index contributed by atoms with van der Waals surface area (Å²) < 4.78 is 21.5. The molecule has 0 radical (unpaired) electrons. The summed E-state index contributed by atoms with van der Waals surface area (Å²) in [5.41, 5.74) is 1.95. The van der Waals surface area contributed by atoms with Gasteiger partial charge >= 0.3 is 0 Å². The topological polar surface area (TPSA) is 66.0 Å². The van der Waals surface area contributed by atoms with Gasteiger partial charge in [-0.15, -0.1) is 0 Å². The minimum atomic E-state index is -0.231. The van der Waals surface area contributed by atoms with Crippen LogP contribution >= 0.6 is 0 Å². The number of ether oxygens (including phenoxy) is 4. The highest BCUT2D eigenvalue weighted by molar-refractivity contribution is 6.05. The molecule has 1 N–H and O–H groups in total. The van der Waals surface area contributed by atoms with E-state index in [2.05, 4.69) is 5.32 Å². The third kappa shape index (κ3) is 3.08. The Kier molecular flexibility index (Phi) is 4.46. The number of nitrogens with one attached hydrogen (secondary N) is 1. The third-order valence-corrected chi connectivity index (χ3v) is 3.78. The van der Waals surface area contributed by atoms with Crippen molar-refractivity contribution in [2.45, 2.75) is 6.92 Å². The van der Waals surface area contributed by atoms with E-state index in [1.807, 2.05) is 6.92 Å². The van der Waals surface area contributed by atoms with Crippen LogP contribution in [0.25, 0.3) is 0 Å². The molecule has 0 bridgehead atoms. The molecular weight excluding hydrogens is 310 g/mol. The minimum Gasteiger partial charge on any atom is -0.493 e. The molecule has 126 valence electrons. The van der Waals surface area contributed by atoms with Gasteiger partial charge in [-0.2, -0.15) is 0 Å². The molecule has 2 aromatic carbocycles. The van der Waals surface area contributed by atoms with Gasteiger partial charge in [-0.3, -0.25) is 4.79 Å². The van der Waals surface area contributed by atoms with Crippen LogP contribution in [-0.4, -0.2) is 33.3 Å². The number of amides is 1. The fourth-order valence-electron chi connectivity index (χ4n) is 2.54. The van der Waals surface area contributed by atoms with Gasteiger partial charge in [-0.25, -0.2) is 0 Å². The van der Waals surface area contributed by atoms with Gasteiger partial charge in [-0.05, 0) is 36.8 Å². The van der Waals surface area contributed by atoms with Gasteiger partial charge in [-0.1, -0.05) is 0 Å². The second kappa shape index (κ2) is 6.70. The Morgan fingerprint density at radius 1 is 1.00 bits per heavy atom. The molecule has 6 nitrogen and oxygen atoms in total. The normalized spacial score (nSPS) is 12.5. The lowest BCUT2D eigenvalue weighted by molar-refractivity contribution is 0.102. The summed E-state index contributed by atoms with van der Waals surface area (Å²) in [6, 6.07) is 8.76. The molecule has 1 aliphatic heterocycles. The van der Waals surface area contributed by atoms with Crippen LogP contribution in [0.1, 0.15) is 15.9 Å². The maximum Gasteiger partial charge on any atom is 0.256 e. The minimum absolute atomic E-state index is 0.231. The Morgan fingerprint density at radius 2 is 1.67 bits per heavy atom.